The number of aliphatic hydroxyl groups excluding tert-OH is 1. The molecule has 0 saturated heterocycles. The van der Waals surface area contributed by atoms with E-state index in [9.17, 15) is 13.5 Å². The quantitative estimate of drug-likeness (QED) is 0.843. The number of hydrogen-bond donors (Lipinski definition) is 1. The Balaban J connectivity index is 2.05. The van der Waals surface area contributed by atoms with Gasteiger partial charge in [-0.2, -0.15) is 0 Å². The monoisotopic (exact) mass is 351 g/mol. The fraction of sp³-hybridized carbons (Fsp3) is 0.200. The maximum Gasteiger partial charge on any atom is 0.270 e. The third kappa shape index (κ3) is 3.85. The predicted molar refractivity (Wildman–Crippen MR) is 95.9 cm³/mol. The Morgan fingerprint density at radius 3 is 2.36 bits per heavy atom. The van der Waals surface area contributed by atoms with E-state index in [0.717, 1.165) is 9.87 Å². The highest BCUT2D eigenvalue weighted by atomic mass is 32.2. The smallest absolute Gasteiger partial charge is 0.270 e. The van der Waals surface area contributed by atoms with Crippen molar-refractivity contribution in [2.45, 2.75) is 24.3 Å². The first-order valence-electron chi connectivity index (χ1n) is 7.86. The molecular formula is C20H17NO3S. The summed E-state index contributed by atoms with van der Waals surface area (Å²) in [7, 11) is -3.77. The number of aryl methyl sites for hydroxylation is 1. The molecule has 2 aromatic carbocycles. The lowest BCUT2D eigenvalue weighted by molar-refractivity contribution is 0.216. The Labute approximate surface area is 148 Å². The summed E-state index contributed by atoms with van der Waals surface area (Å²) in [5.41, 5.74) is 2.28. The molecule has 0 fully saturated rings. The van der Waals surface area contributed by atoms with Crippen molar-refractivity contribution in [2.24, 2.45) is 0 Å². The lowest BCUT2D eigenvalue weighted by Gasteiger charge is -2.19. The van der Waals surface area contributed by atoms with E-state index in [4.69, 9.17) is 0 Å². The van der Waals surface area contributed by atoms with Gasteiger partial charge in [0, 0.05) is 30.1 Å². The molecule has 2 aromatic rings. The second-order valence-electron chi connectivity index (χ2n) is 5.75. The number of aliphatic hydroxyl groups is 1. The zero-order valence-corrected chi connectivity index (χ0v) is 14.5. The van der Waals surface area contributed by atoms with Gasteiger partial charge in [-0.1, -0.05) is 41.7 Å². The largest absolute Gasteiger partial charge is 0.380 e. The van der Waals surface area contributed by atoms with Crippen LogP contribution in [0.25, 0.3) is 0 Å². The van der Waals surface area contributed by atoms with Crippen LogP contribution in [0, 0.1) is 30.7 Å². The normalized spacial score (nSPS) is 16.7. The third-order valence-corrected chi connectivity index (χ3v) is 5.55. The molecule has 0 aliphatic carbocycles. The van der Waals surface area contributed by atoms with Crippen molar-refractivity contribution in [1.29, 1.82) is 0 Å². The van der Waals surface area contributed by atoms with Gasteiger partial charge in [-0.3, -0.25) is 0 Å². The van der Waals surface area contributed by atoms with Gasteiger partial charge in [0.25, 0.3) is 10.0 Å². The van der Waals surface area contributed by atoms with E-state index in [-0.39, 0.29) is 17.9 Å². The molecule has 0 radical (unpaired) electrons. The molecule has 1 heterocycles. The number of nitrogens with zero attached hydrogens (tertiary/aromatic N) is 1. The van der Waals surface area contributed by atoms with Crippen LogP contribution in [-0.4, -0.2) is 30.5 Å². The molecule has 1 aliphatic heterocycles. The van der Waals surface area contributed by atoms with Crippen LogP contribution in [0.4, 0.5) is 0 Å². The first kappa shape index (κ1) is 17.1. The Morgan fingerprint density at radius 2 is 1.68 bits per heavy atom. The molecule has 0 aromatic heterocycles. The van der Waals surface area contributed by atoms with Crippen LogP contribution in [0.1, 0.15) is 23.1 Å². The van der Waals surface area contributed by atoms with E-state index in [1.807, 2.05) is 19.1 Å². The summed E-state index contributed by atoms with van der Waals surface area (Å²) in [6, 6.07) is 16.6. The average Bonchev–Trinajstić information content (AvgIpc) is 2.61. The van der Waals surface area contributed by atoms with Gasteiger partial charge in [0.05, 0.1) is 4.90 Å². The molecule has 1 aliphatic rings. The van der Waals surface area contributed by atoms with Gasteiger partial charge in [0.15, 0.2) is 0 Å². The number of hydrogen-bond acceptors (Lipinski definition) is 3. The lowest BCUT2D eigenvalue weighted by Crippen LogP contribution is -2.29. The molecular weight excluding hydrogens is 334 g/mol. The molecule has 1 atom stereocenters. The third-order valence-electron chi connectivity index (χ3n) is 3.83. The number of fused-ring (bicyclic) bond motifs is 1. The number of sulfonamides is 1. The Hall–Kier alpha value is -2.73. The van der Waals surface area contributed by atoms with Crippen molar-refractivity contribution in [3.63, 3.8) is 0 Å². The summed E-state index contributed by atoms with van der Waals surface area (Å²) in [6.45, 7) is 1.97. The molecule has 126 valence electrons. The maximum atomic E-state index is 12.9. The van der Waals surface area contributed by atoms with Crippen LogP contribution in [0.2, 0.25) is 0 Å². The van der Waals surface area contributed by atoms with Gasteiger partial charge >= 0.3 is 0 Å². The highest BCUT2D eigenvalue weighted by Crippen LogP contribution is 2.17. The SMILES string of the molecule is Cc1ccc(S(=O)(=O)N2C#Cc3ccccc3C#CC(O)CC2)cc1. The second-order valence-corrected chi connectivity index (χ2v) is 7.61. The van der Waals surface area contributed by atoms with Crippen LogP contribution in [0.5, 0.6) is 0 Å². The minimum Gasteiger partial charge on any atom is -0.380 e. The summed E-state index contributed by atoms with van der Waals surface area (Å²) < 4.78 is 26.9. The number of benzene rings is 2. The predicted octanol–water partition coefficient (Wildman–Crippen LogP) is 2.11. The molecule has 0 amide bonds. The highest BCUT2D eigenvalue weighted by molar-refractivity contribution is 7.89. The van der Waals surface area contributed by atoms with E-state index in [2.05, 4.69) is 23.8 Å². The van der Waals surface area contributed by atoms with Gasteiger partial charge in [0.1, 0.15) is 6.10 Å². The van der Waals surface area contributed by atoms with E-state index < -0.39 is 16.1 Å². The summed E-state index contributed by atoms with van der Waals surface area (Å²) in [4.78, 5) is 0.179. The Morgan fingerprint density at radius 1 is 1.04 bits per heavy atom. The van der Waals surface area contributed by atoms with E-state index in [0.29, 0.717) is 11.1 Å². The first-order valence-corrected chi connectivity index (χ1v) is 9.30. The Bertz CT molecular complexity index is 1000. The fourth-order valence-electron chi connectivity index (χ4n) is 2.37. The van der Waals surface area contributed by atoms with Gasteiger partial charge < -0.3 is 5.11 Å². The van der Waals surface area contributed by atoms with Crippen molar-refractivity contribution in [3.05, 3.63) is 65.2 Å². The Kier molecular flexibility index (Phi) is 4.81. The molecule has 25 heavy (non-hydrogen) atoms. The average molecular weight is 351 g/mol. The van der Waals surface area contributed by atoms with Gasteiger partial charge in [-0.05, 0) is 37.1 Å². The maximum absolute atomic E-state index is 12.9. The van der Waals surface area contributed by atoms with Crippen molar-refractivity contribution < 1.29 is 13.5 Å². The van der Waals surface area contributed by atoms with Gasteiger partial charge in [0.2, 0.25) is 0 Å². The molecule has 3 rings (SSSR count). The molecule has 1 N–H and O–H groups in total. The molecule has 5 heteroatoms. The van der Waals surface area contributed by atoms with Crippen LogP contribution < -0.4 is 0 Å². The summed E-state index contributed by atoms with van der Waals surface area (Å²) >= 11 is 0. The minimum absolute atomic E-state index is 0.0707. The van der Waals surface area contributed by atoms with Gasteiger partial charge in [-0.25, -0.2) is 12.7 Å². The zero-order chi connectivity index (χ0) is 17.9. The van der Waals surface area contributed by atoms with Crippen molar-refractivity contribution in [3.8, 4) is 23.8 Å². The topological polar surface area (TPSA) is 57.6 Å². The highest BCUT2D eigenvalue weighted by Gasteiger charge is 2.23. The summed E-state index contributed by atoms with van der Waals surface area (Å²) in [5.74, 6) is 8.55. The summed E-state index contributed by atoms with van der Waals surface area (Å²) in [6.07, 6.45) is -0.724. The number of rotatable bonds is 2. The molecule has 1 unspecified atom stereocenters. The lowest BCUT2D eigenvalue weighted by atomic mass is 10.1. The molecule has 4 nitrogen and oxygen atoms in total. The van der Waals surface area contributed by atoms with Crippen molar-refractivity contribution in [1.82, 2.24) is 4.31 Å². The van der Waals surface area contributed by atoms with Gasteiger partial charge in [-0.15, -0.1) is 0 Å². The second kappa shape index (κ2) is 7.03. The fourth-order valence-corrected chi connectivity index (χ4v) is 3.62. The zero-order valence-electron chi connectivity index (χ0n) is 13.7. The van der Waals surface area contributed by atoms with E-state index >= 15 is 0 Å². The van der Waals surface area contributed by atoms with E-state index in [1.165, 1.54) is 0 Å². The molecule has 0 bridgehead atoms. The molecule has 0 saturated carbocycles. The van der Waals surface area contributed by atoms with Crippen LogP contribution in [0.15, 0.2) is 53.4 Å². The van der Waals surface area contributed by atoms with Crippen LogP contribution in [0.3, 0.4) is 0 Å². The van der Waals surface area contributed by atoms with Crippen LogP contribution >= 0.6 is 0 Å². The minimum atomic E-state index is -3.77. The van der Waals surface area contributed by atoms with E-state index in [1.54, 1.807) is 36.4 Å². The standard InChI is InChI=1S/C20H17NO3S/c1-16-6-10-20(11-7-16)25(23,24)21-14-12-18-5-3-2-4-17(18)8-9-19(22)13-15-21/h2-7,10-11,19,22H,13,15H2,1H3. The first-order chi connectivity index (χ1) is 12.0. The molecule has 0 spiro atoms. The van der Waals surface area contributed by atoms with Crippen LogP contribution in [-0.2, 0) is 10.0 Å². The van der Waals surface area contributed by atoms with Crippen molar-refractivity contribution in [2.75, 3.05) is 6.54 Å². The summed E-state index contributed by atoms with van der Waals surface area (Å²) in [5, 5.41) is 10.0. The van der Waals surface area contributed by atoms with Crippen molar-refractivity contribution >= 4 is 10.0 Å².